The standard InChI is InChI=1S/C16H16ClN3O/c17-11-6-4-9(5-7-11)12-8-13(21)18-16-14(12)15(19-20-16)10-2-1-3-10/h4-7,10,12H,1-3,8H2,(H2,18,19,20,21). The molecule has 2 heterocycles. The number of fused-ring (bicyclic) bond motifs is 1. The molecule has 1 atom stereocenters. The number of hydrogen-bond acceptors (Lipinski definition) is 2. The van der Waals surface area contributed by atoms with Crippen molar-refractivity contribution in [1.82, 2.24) is 10.2 Å². The third-order valence-electron chi connectivity index (χ3n) is 4.62. The highest BCUT2D eigenvalue weighted by Gasteiger charge is 2.35. The molecule has 1 aliphatic carbocycles. The zero-order valence-electron chi connectivity index (χ0n) is 11.5. The molecular formula is C16H16ClN3O. The summed E-state index contributed by atoms with van der Waals surface area (Å²) in [6, 6.07) is 7.78. The minimum Gasteiger partial charge on any atom is -0.309 e. The molecule has 2 N–H and O–H groups in total. The Balaban J connectivity index is 1.80. The van der Waals surface area contributed by atoms with Crippen LogP contribution in [0.2, 0.25) is 5.02 Å². The van der Waals surface area contributed by atoms with E-state index in [9.17, 15) is 4.79 Å². The van der Waals surface area contributed by atoms with E-state index in [0.717, 1.165) is 5.56 Å². The molecule has 0 bridgehead atoms. The lowest BCUT2D eigenvalue weighted by molar-refractivity contribution is -0.116. The smallest absolute Gasteiger partial charge is 0.226 e. The van der Waals surface area contributed by atoms with E-state index in [1.807, 2.05) is 24.3 Å². The number of rotatable bonds is 2. The molecule has 1 saturated carbocycles. The normalized spacial score (nSPS) is 21.6. The lowest BCUT2D eigenvalue weighted by atomic mass is 9.77. The summed E-state index contributed by atoms with van der Waals surface area (Å²) < 4.78 is 0. The summed E-state index contributed by atoms with van der Waals surface area (Å²) in [4.78, 5) is 11.9. The first kappa shape index (κ1) is 12.9. The van der Waals surface area contributed by atoms with Crippen LogP contribution < -0.4 is 5.32 Å². The number of aromatic amines is 1. The van der Waals surface area contributed by atoms with Crippen molar-refractivity contribution in [2.75, 3.05) is 5.32 Å². The van der Waals surface area contributed by atoms with Crippen molar-refractivity contribution in [3.05, 3.63) is 46.1 Å². The number of halogens is 1. The van der Waals surface area contributed by atoms with Gasteiger partial charge in [-0.25, -0.2) is 0 Å². The van der Waals surface area contributed by atoms with E-state index in [0.29, 0.717) is 23.2 Å². The fourth-order valence-corrected chi connectivity index (χ4v) is 3.40. The molecular weight excluding hydrogens is 286 g/mol. The molecule has 2 aliphatic rings. The van der Waals surface area contributed by atoms with Crippen molar-refractivity contribution in [3.8, 4) is 0 Å². The number of aromatic nitrogens is 2. The second kappa shape index (κ2) is 4.88. The molecule has 4 rings (SSSR count). The van der Waals surface area contributed by atoms with Gasteiger partial charge in [0.1, 0.15) is 0 Å². The van der Waals surface area contributed by atoms with E-state index in [2.05, 4.69) is 15.5 Å². The molecule has 108 valence electrons. The van der Waals surface area contributed by atoms with Crippen LogP contribution in [0.4, 0.5) is 5.82 Å². The minimum absolute atomic E-state index is 0.0223. The molecule has 1 unspecified atom stereocenters. The fourth-order valence-electron chi connectivity index (χ4n) is 3.27. The second-order valence-corrected chi connectivity index (χ2v) is 6.32. The molecule has 1 aliphatic heterocycles. The van der Waals surface area contributed by atoms with E-state index in [1.54, 1.807) is 0 Å². The summed E-state index contributed by atoms with van der Waals surface area (Å²) >= 11 is 5.97. The zero-order valence-corrected chi connectivity index (χ0v) is 12.3. The van der Waals surface area contributed by atoms with Gasteiger partial charge in [0.15, 0.2) is 5.82 Å². The molecule has 0 saturated heterocycles. The van der Waals surface area contributed by atoms with Gasteiger partial charge in [0, 0.05) is 34.5 Å². The van der Waals surface area contributed by atoms with E-state index >= 15 is 0 Å². The van der Waals surface area contributed by atoms with E-state index < -0.39 is 0 Å². The van der Waals surface area contributed by atoms with Gasteiger partial charge in [-0.15, -0.1) is 0 Å². The predicted octanol–water partition coefficient (Wildman–Crippen LogP) is 3.80. The summed E-state index contributed by atoms with van der Waals surface area (Å²) in [5, 5.41) is 11.1. The molecule has 1 fully saturated rings. The van der Waals surface area contributed by atoms with Gasteiger partial charge in [0.05, 0.1) is 0 Å². The van der Waals surface area contributed by atoms with Crippen molar-refractivity contribution in [1.29, 1.82) is 0 Å². The molecule has 1 aromatic carbocycles. The van der Waals surface area contributed by atoms with Gasteiger partial charge >= 0.3 is 0 Å². The number of nitrogens with zero attached hydrogens (tertiary/aromatic N) is 1. The van der Waals surface area contributed by atoms with Crippen molar-refractivity contribution >= 4 is 23.3 Å². The third kappa shape index (κ3) is 2.14. The van der Waals surface area contributed by atoms with Crippen LogP contribution in [-0.4, -0.2) is 16.1 Å². The Kier molecular flexibility index (Phi) is 3.00. The molecule has 2 aromatic rings. The maximum Gasteiger partial charge on any atom is 0.226 e. The van der Waals surface area contributed by atoms with Crippen molar-refractivity contribution in [3.63, 3.8) is 0 Å². The Morgan fingerprint density at radius 1 is 1.19 bits per heavy atom. The lowest BCUT2D eigenvalue weighted by Crippen LogP contribution is -2.24. The molecule has 0 radical (unpaired) electrons. The number of anilines is 1. The van der Waals surface area contributed by atoms with Crippen LogP contribution in [0, 0.1) is 0 Å². The SMILES string of the molecule is O=C1CC(c2ccc(Cl)cc2)c2c(n[nH]c2C2CCC2)N1. The summed E-state index contributed by atoms with van der Waals surface area (Å²) in [6.45, 7) is 0. The maximum atomic E-state index is 11.9. The zero-order chi connectivity index (χ0) is 14.4. The third-order valence-corrected chi connectivity index (χ3v) is 4.87. The highest BCUT2D eigenvalue weighted by Crippen LogP contribution is 2.45. The summed E-state index contributed by atoms with van der Waals surface area (Å²) in [6.07, 6.45) is 4.15. The van der Waals surface area contributed by atoms with Gasteiger partial charge in [-0.2, -0.15) is 5.10 Å². The van der Waals surface area contributed by atoms with Gasteiger partial charge < -0.3 is 5.32 Å². The molecule has 4 nitrogen and oxygen atoms in total. The van der Waals surface area contributed by atoms with Crippen LogP contribution in [0.1, 0.15) is 54.3 Å². The van der Waals surface area contributed by atoms with Crippen molar-refractivity contribution < 1.29 is 4.79 Å². The molecule has 1 amide bonds. The lowest BCUT2D eigenvalue weighted by Gasteiger charge is -2.29. The molecule has 1 aromatic heterocycles. The van der Waals surface area contributed by atoms with Gasteiger partial charge in [-0.05, 0) is 30.5 Å². The summed E-state index contributed by atoms with van der Waals surface area (Å²) in [5.74, 6) is 1.36. The summed E-state index contributed by atoms with van der Waals surface area (Å²) in [7, 11) is 0. The van der Waals surface area contributed by atoms with Crippen LogP contribution in [0.5, 0.6) is 0 Å². The van der Waals surface area contributed by atoms with Crippen LogP contribution in [0.15, 0.2) is 24.3 Å². The van der Waals surface area contributed by atoms with E-state index in [4.69, 9.17) is 11.6 Å². The Morgan fingerprint density at radius 3 is 2.62 bits per heavy atom. The molecule has 0 spiro atoms. The Morgan fingerprint density at radius 2 is 1.95 bits per heavy atom. The van der Waals surface area contributed by atoms with Gasteiger partial charge in [-0.3, -0.25) is 9.89 Å². The summed E-state index contributed by atoms with van der Waals surface area (Å²) in [5.41, 5.74) is 3.50. The average molecular weight is 302 g/mol. The topological polar surface area (TPSA) is 57.8 Å². The second-order valence-electron chi connectivity index (χ2n) is 5.88. The number of amides is 1. The fraction of sp³-hybridized carbons (Fsp3) is 0.375. The Labute approximate surface area is 127 Å². The van der Waals surface area contributed by atoms with Crippen LogP contribution >= 0.6 is 11.6 Å². The quantitative estimate of drug-likeness (QED) is 0.886. The number of carbonyl (C=O) groups is 1. The van der Waals surface area contributed by atoms with Crippen LogP contribution in [-0.2, 0) is 4.79 Å². The highest BCUT2D eigenvalue weighted by atomic mass is 35.5. The van der Waals surface area contributed by atoms with E-state index in [-0.39, 0.29) is 11.8 Å². The first-order valence-corrected chi connectivity index (χ1v) is 7.73. The first-order valence-electron chi connectivity index (χ1n) is 7.36. The van der Waals surface area contributed by atoms with Gasteiger partial charge in [0.25, 0.3) is 0 Å². The monoisotopic (exact) mass is 301 g/mol. The number of carbonyl (C=O) groups excluding carboxylic acids is 1. The number of benzene rings is 1. The van der Waals surface area contributed by atoms with Crippen LogP contribution in [0.3, 0.4) is 0 Å². The van der Waals surface area contributed by atoms with Gasteiger partial charge in [0.2, 0.25) is 5.91 Å². The highest BCUT2D eigenvalue weighted by molar-refractivity contribution is 6.30. The van der Waals surface area contributed by atoms with Crippen molar-refractivity contribution in [2.24, 2.45) is 0 Å². The maximum absolute atomic E-state index is 11.9. The first-order chi connectivity index (χ1) is 10.2. The van der Waals surface area contributed by atoms with Crippen LogP contribution in [0.25, 0.3) is 0 Å². The predicted molar refractivity (Wildman–Crippen MR) is 81.7 cm³/mol. The van der Waals surface area contributed by atoms with Crippen molar-refractivity contribution in [2.45, 2.75) is 37.5 Å². The average Bonchev–Trinajstić information content (AvgIpc) is 2.80. The number of hydrogen-bond donors (Lipinski definition) is 2. The minimum atomic E-state index is 0.0223. The van der Waals surface area contributed by atoms with E-state index in [1.165, 1.54) is 30.5 Å². The van der Waals surface area contributed by atoms with Gasteiger partial charge in [-0.1, -0.05) is 30.2 Å². The largest absolute Gasteiger partial charge is 0.309 e. The number of nitrogens with one attached hydrogen (secondary N) is 2. The number of H-pyrrole nitrogens is 1. The molecule has 5 heteroatoms. The Hall–Kier alpha value is -1.81. The Bertz CT molecular complexity index is 688. The molecule has 21 heavy (non-hydrogen) atoms.